The normalized spacial score (nSPS) is 13.8. The molecule has 82 valence electrons. The summed E-state index contributed by atoms with van der Waals surface area (Å²) in [7, 11) is -2.41. The molecule has 0 aromatic heterocycles. The number of rotatable bonds is 3. The number of hydrogen-bond acceptors (Lipinski definition) is 4. The Hall–Kier alpha value is -1.41. The van der Waals surface area contributed by atoms with Crippen LogP contribution in [0.25, 0.3) is 0 Å². The van der Waals surface area contributed by atoms with E-state index in [1.165, 1.54) is 0 Å². The van der Waals surface area contributed by atoms with Crippen molar-refractivity contribution in [2.24, 2.45) is 0 Å². The van der Waals surface area contributed by atoms with Crippen molar-refractivity contribution < 1.29 is 36.7 Å². The molecule has 0 saturated carbocycles. The van der Waals surface area contributed by atoms with Crippen LogP contribution in [0.2, 0.25) is 0 Å². The Labute approximate surface area is 87.3 Å². The first kappa shape index (κ1) is 7.83. The highest BCUT2D eigenvalue weighted by Crippen LogP contribution is 2.25. The molecule has 0 atom stereocenters. The minimum atomic E-state index is -5.12. The Morgan fingerprint density at radius 3 is 2.40 bits per heavy atom. The minimum Gasteiger partial charge on any atom is -0.512 e. The van der Waals surface area contributed by atoms with Gasteiger partial charge in [0, 0.05) is 6.04 Å². The third-order valence-electron chi connectivity index (χ3n) is 1.07. The summed E-state index contributed by atoms with van der Waals surface area (Å²) in [5, 5.41) is 17.0. The lowest BCUT2D eigenvalue weighted by molar-refractivity contribution is -0.274. The summed E-state index contributed by atoms with van der Waals surface area (Å²) >= 11 is 0. The number of alkyl halides is 3. The maximum absolute atomic E-state index is 12.0. The summed E-state index contributed by atoms with van der Waals surface area (Å²) < 4.78 is 65.4. The van der Waals surface area contributed by atoms with Crippen molar-refractivity contribution in [2.45, 2.75) is 6.36 Å². The lowest BCUT2D eigenvalue weighted by atomic mass is 10.2. The molecule has 4 nitrogen and oxygen atoms in total. The second-order valence-electron chi connectivity index (χ2n) is 2.21. The lowest BCUT2D eigenvalue weighted by Crippen LogP contribution is -2.21. The predicted molar refractivity (Wildman–Crippen MR) is 43.9 cm³/mol. The lowest BCUT2D eigenvalue weighted by Gasteiger charge is -2.10. The molecular formula is C7H6BF3O4. The molecule has 0 unspecified atom stereocenters. The molecule has 0 fully saturated rings. The van der Waals surface area contributed by atoms with Crippen LogP contribution in [0.3, 0.4) is 0 Å². The summed E-state index contributed by atoms with van der Waals surface area (Å²) in [5.41, 5.74) is 0. The number of halogens is 3. The molecule has 2 N–H and O–H groups in total. The van der Waals surface area contributed by atoms with Crippen LogP contribution < -0.4 is 9.39 Å². The van der Waals surface area contributed by atoms with Crippen molar-refractivity contribution >= 4 is 7.32 Å². The fourth-order valence-corrected chi connectivity index (χ4v) is 0.682. The third kappa shape index (κ3) is 4.57. The van der Waals surface area contributed by atoms with Crippen LogP contribution in [0.15, 0.2) is 24.2 Å². The highest BCUT2D eigenvalue weighted by atomic mass is 19.4. The van der Waals surface area contributed by atoms with Gasteiger partial charge in [0.2, 0.25) is 0 Å². The first-order chi connectivity index (χ1) is 8.11. The summed E-state index contributed by atoms with van der Waals surface area (Å²) in [4.78, 5) is 0. The zero-order valence-electron chi connectivity index (χ0n) is 10.00. The molecule has 0 saturated heterocycles. The largest absolute Gasteiger partial charge is 0.707 e. The number of benzene rings is 1. The van der Waals surface area contributed by atoms with Crippen molar-refractivity contribution in [3.05, 3.63) is 24.2 Å². The van der Waals surface area contributed by atoms with Crippen LogP contribution in [0.4, 0.5) is 13.2 Å². The highest BCUT2D eigenvalue weighted by Gasteiger charge is 2.31. The van der Waals surface area contributed by atoms with E-state index in [9.17, 15) is 13.2 Å². The summed E-state index contributed by atoms with van der Waals surface area (Å²) in [5.74, 6) is -2.02. The molecular weight excluding hydrogens is 216 g/mol. The molecule has 0 amide bonds. The van der Waals surface area contributed by atoms with E-state index in [-0.39, 0.29) is 0 Å². The van der Waals surface area contributed by atoms with Crippen molar-refractivity contribution in [2.75, 3.05) is 0 Å². The van der Waals surface area contributed by atoms with Crippen LogP contribution in [0.1, 0.15) is 4.11 Å². The summed E-state index contributed by atoms with van der Waals surface area (Å²) in [6.45, 7) is 0. The van der Waals surface area contributed by atoms with Crippen molar-refractivity contribution in [1.29, 1.82) is 0 Å². The molecule has 0 aliphatic heterocycles. The summed E-state index contributed by atoms with van der Waals surface area (Å²) in [6, 6.07) is -1.94. The van der Waals surface area contributed by atoms with Gasteiger partial charge in [0.25, 0.3) is 0 Å². The highest BCUT2D eigenvalue weighted by molar-refractivity contribution is 6.33. The first-order valence-corrected chi connectivity index (χ1v) is 3.51. The van der Waals surface area contributed by atoms with E-state index in [1.807, 2.05) is 0 Å². The Bertz CT molecular complexity index is 455. The van der Waals surface area contributed by atoms with Gasteiger partial charge in [0.1, 0.15) is 11.5 Å². The van der Waals surface area contributed by atoms with Gasteiger partial charge in [0.05, 0.1) is 4.11 Å². The molecule has 1 aromatic carbocycles. The number of hydrogen-bond donors (Lipinski definition) is 2. The van der Waals surface area contributed by atoms with E-state index >= 15 is 0 Å². The molecule has 0 aliphatic carbocycles. The maximum atomic E-state index is 12.0. The smallest absolute Gasteiger partial charge is 0.512 e. The van der Waals surface area contributed by atoms with Crippen molar-refractivity contribution in [1.82, 2.24) is 0 Å². The van der Waals surface area contributed by atoms with E-state index in [2.05, 4.69) is 9.39 Å². The van der Waals surface area contributed by atoms with Gasteiger partial charge in [-0.2, -0.15) is 0 Å². The van der Waals surface area contributed by atoms with E-state index in [4.69, 9.17) is 14.2 Å². The first-order valence-electron chi connectivity index (χ1n) is 5.01. The molecule has 0 heterocycles. The third-order valence-corrected chi connectivity index (χ3v) is 1.07. The Balaban J connectivity index is 3.26. The average molecular weight is 225 g/mol. The monoisotopic (exact) mass is 225 g/mol. The van der Waals surface area contributed by atoms with Crippen LogP contribution >= 0.6 is 0 Å². The van der Waals surface area contributed by atoms with E-state index in [1.54, 1.807) is 0 Å². The zero-order chi connectivity index (χ0) is 14.1. The van der Waals surface area contributed by atoms with Gasteiger partial charge in [-0.3, -0.25) is 0 Å². The van der Waals surface area contributed by atoms with Gasteiger partial charge < -0.3 is 19.4 Å². The molecule has 0 spiro atoms. The van der Waals surface area contributed by atoms with Crippen LogP contribution in [0.5, 0.6) is 11.5 Å². The van der Waals surface area contributed by atoms with Gasteiger partial charge in [0.15, 0.2) is 0 Å². The average Bonchev–Trinajstić information content (AvgIpc) is 2.17. The SMILES string of the molecule is [2H]c1cc([2H])c(OC(F)(F)F)c([2H])c1OB(O)O. The number of ether oxygens (including phenoxy) is 1. The second kappa shape index (κ2) is 4.41. The zero-order valence-corrected chi connectivity index (χ0v) is 7.00. The fraction of sp³-hybridized carbons (Fsp3) is 0.143. The van der Waals surface area contributed by atoms with Gasteiger partial charge in [-0.15, -0.1) is 13.2 Å². The minimum absolute atomic E-state index is 0.622. The fourth-order valence-electron chi connectivity index (χ4n) is 0.682. The van der Waals surface area contributed by atoms with Gasteiger partial charge in [-0.25, -0.2) is 0 Å². The quantitative estimate of drug-likeness (QED) is 0.751. The Morgan fingerprint density at radius 1 is 1.27 bits per heavy atom. The van der Waals surface area contributed by atoms with Gasteiger partial charge in [-0.1, -0.05) is 6.07 Å². The standard InChI is InChI=1S/C7H6BF3O4/c9-7(10,11)14-5-2-1-3-6(4-5)15-8(12)13/h1-4,12-13H/i2D,3D,4D. The molecule has 0 radical (unpaired) electrons. The van der Waals surface area contributed by atoms with Crippen molar-refractivity contribution in [3.8, 4) is 11.5 Å². The second-order valence-corrected chi connectivity index (χ2v) is 2.21. The van der Waals surface area contributed by atoms with Crippen LogP contribution in [0, 0.1) is 0 Å². The molecule has 15 heavy (non-hydrogen) atoms. The maximum Gasteiger partial charge on any atom is 0.707 e. The molecule has 1 aromatic rings. The molecule has 0 aliphatic rings. The molecule has 8 heteroatoms. The van der Waals surface area contributed by atoms with Gasteiger partial charge >= 0.3 is 13.7 Å². The van der Waals surface area contributed by atoms with E-state index in [0.29, 0.717) is 6.07 Å². The van der Waals surface area contributed by atoms with E-state index in [0.717, 1.165) is 0 Å². The van der Waals surface area contributed by atoms with Crippen LogP contribution in [-0.2, 0) is 0 Å². The van der Waals surface area contributed by atoms with E-state index < -0.39 is 43.3 Å². The van der Waals surface area contributed by atoms with Gasteiger partial charge in [-0.05, 0) is 12.1 Å². The van der Waals surface area contributed by atoms with Crippen LogP contribution in [-0.4, -0.2) is 23.7 Å². The Kier molecular flexibility index (Phi) is 2.30. The van der Waals surface area contributed by atoms with Crippen molar-refractivity contribution in [3.63, 3.8) is 0 Å². The predicted octanol–water partition coefficient (Wildman–Crippen LogP) is 0.933. The summed E-state index contributed by atoms with van der Waals surface area (Å²) in [6.07, 6.45) is -5.12. The topological polar surface area (TPSA) is 58.9 Å². The Morgan fingerprint density at radius 2 is 1.87 bits per heavy atom. The molecule has 0 bridgehead atoms. The molecule has 1 rings (SSSR count).